The third kappa shape index (κ3) is 3.11. The second-order valence-corrected chi connectivity index (χ2v) is 5.17. The fourth-order valence-electron chi connectivity index (χ4n) is 2.58. The van der Waals surface area contributed by atoms with Gasteiger partial charge in [-0.15, -0.1) is 0 Å². The van der Waals surface area contributed by atoms with Gasteiger partial charge in [-0.3, -0.25) is 20.4 Å². The molecule has 0 spiro atoms. The number of carbonyl (C=O) groups excluding carboxylic acids is 2. The molecule has 0 bridgehead atoms. The summed E-state index contributed by atoms with van der Waals surface area (Å²) >= 11 is 0. The monoisotopic (exact) mass is 299 g/mol. The van der Waals surface area contributed by atoms with Gasteiger partial charge in [0, 0.05) is 12.2 Å². The fourth-order valence-corrected chi connectivity index (χ4v) is 2.58. The number of benzene rings is 1. The van der Waals surface area contributed by atoms with Gasteiger partial charge in [0.15, 0.2) is 0 Å². The van der Waals surface area contributed by atoms with E-state index in [1.165, 1.54) is 24.2 Å². The summed E-state index contributed by atoms with van der Waals surface area (Å²) in [7, 11) is 0. The van der Waals surface area contributed by atoms with Gasteiger partial charge < -0.3 is 9.32 Å². The summed E-state index contributed by atoms with van der Waals surface area (Å²) in [5.41, 5.74) is 7.51. The Balaban J connectivity index is 1.55. The Hall–Kier alpha value is -2.76. The van der Waals surface area contributed by atoms with Crippen LogP contribution in [0.2, 0.25) is 0 Å². The number of rotatable bonds is 3. The van der Waals surface area contributed by atoms with Crippen molar-refractivity contribution in [1.82, 2.24) is 10.9 Å². The Morgan fingerprint density at radius 1 is 1.18 bits per heavy atom. The number of nitrogens with one attached hydrogen (secondary N) is 2. The molecule has 0 aliphatic carbocycles. The Labute approximate surface area is 128 Å². The summed E-state index contributed by atoms with van der Waals surface area (Å²) in [6, 6.07) is 9.61. The molecule has 0 atom stereocenters. The second kappa shape index (κ2) is 6.34. The molecule has 22 heavy (non-hydrogen) atoms. The van der Waals surface area contributed by atoms with E-state index in [9.17, 15) is 9.59 Å². The van der Waals surface area contributed by atoms with Gasteiger partial charge in [0.1, 0.15) is 6.26 Å². The number of aryl methyl sites for hydroxylation is 1. The fraction of sp³-hybridized carbons (Fsp3) is 0.250. The van der Waals surface area contributed by atoms with Crippen LogP contribution in [0.4, 0.5) is 5.69 Å². The number of amides is 2. The van der Waals surface area contributed by atoms with Crippen LogP contribution in [0.3, 0.4) is 0 Å². The number of hydrazine groups is 1. The number of furan rings is 1. The highest BCUT2D eigenvalue weighted by Crippen LogP contribution is 2.26. The summed E-state index contributed by atoms with van der Waals surface area (Å²) < 4.78 is 4.82. The van der Waals surface area contributed by atoms with Crippen molar-refractivity contribution in [2.45, 2.75) is 12.8 Å². The standard InChI is InChI=1S/C16H17N3O3/c20-15(17-18-16(21)13-7-9-22-11-13)10-19-8-3-5-12-4-1-2-6-14(12)19/h1-2,4,6-7,9,11H,3,5,8,10H2,(H,17,20)(H,18,21). The zero-order chi connectivity index (χ0) is 15.4. The summed E-state index contributed by atoms with van der Waals surface area (Å²) in [5, 5.41) is 0. The first-order valence-corrected chi connectivity index (χ1v) is 7.18. The highest BCUT2D eigenvalue weighted by molar-refractivity contribution is 5.95. The van der Waals surface area contributed by atoms with Gasteiger partial charge in [-0.2, -0.15) is 0 Å². The molecule has 2 aromatic rings. The van der Waals surface area contributed by atoms with Gasteiger partial charge in [0.2, 0.25) is 0 Å². The van der Waals surface area contributed by atoms with E-state index in [-0.39, 0.29) is 12.5 Å². The average molecular weight is 299 g/mol. The summed E-state index contributed by atoms with van der Waals surface area (Å²) in [6.45, 7) is 1.04. The first kappa shape index (κ1) is 14.2. The number of hydrogen-bond donors (Lipinski definition) is 2. The van der Waals surface area contributed by atoms with E-state index in [1.807, 2.05) is 23.1 Å². The van der Waals surface area contributed by atoms with E-state index in [0.717, 1.165) is 25.1 Å². The zero-order valence-corrected chi connectivity index (χ0v) is 12.0. The van der Waals surface area contributed by atoms with Crippen LogP contribution < -0.4 is 15.8 Å². The highest BCUT2D eigenvalue weighted by Gasteiger charge is 2.18. The van der Waals surface area contributed by atoms with Crippen LogP contribution in [-0.4, -0.2) is 24.9 Å². The van der Waals surface area contributed by atoms with Crippen molar-refractivity contribution in [3.05, 3.63) is 54.0 Å². The number of carbonyl (C=O) groups is 2. The van der Waals surface area contributed by atoms with Gasteiger partial charge in [0.05, 0.1) is 18.4 Å². The SMILES string of the molecule is O=C(CN1CCCc2ccccc21)NNC(=O)c1ccoc1. The van der Waals surface area contributed by atoms with Gasteiger partial charge in [-0.1, -0.05) is 18.2 Å². The van der Waals surface area contributed by atoms with Crippen LogP contribution in [-0.2, 0) is 11.2 Å². The molecule has 1 aromatic heterocycles. The van der Waals surface area contributed by atoms with Crippen molar-refractivity contribution >= 4 is 17.5 Å². The van der Waals surface area contributed by atoms with Crippen LogP contribution in [0.1, 0.15) is 22.3 Å². The molecule has 0 radical (unpaired) electrons. The number of fused-ring (bicyclic) bond motifs is 1. The molecule has 0 saturated carbocycles. The minimum absolute atomic E-state index is 0.211. The smallest absolute Gasteiger partial charge is 0.272 e. The Morgan fingerprint density at radius 3 is 2.86 bits per heavy atom. The van der Waals surface area contributed by atoms with Crippen LogP contribution in [0.15, 0.2) is 47.3 Å². The lowest BCUT2D eigenvalue weighted by molar-refractivity contribution is -0.120. The minimum Gasteiger partial charge on any atom is -0.472 e. The Kier molecular flexibility index (Phi) is 4.09. The molecular formula is C16H17N3O3. The molecule has 1 aliphatic heterocycles. The van der Waals surface area contributed by atoms with E-state index in [0.29, 0.717) is 5.56 Å². The Bertz CT molecular complexity index is 667. The molecule has 6 heteroatoms. The van der Waals surface area contributed by atoms with Gasteiger partial charge in [0.25, 0.3) is 11.8 Å². The Morgan fingerprint density at radius 2 is 2.05 bits per heavy atom. The maximum Gasteiger partial charge on any atom is 0.272 e. The number of hydrogen-bond acceptors (Lipinski definition) is 4. The van der Waals surface area contributed by atoms with E-state index < -0.39 is 5.91 Å². The molecule has 0 fully saturated rings. The average Bonchev–Trinajstić information content (AvgIpc) is 3.07. The van der Waals surface area contributed by atoms with Crippen molar-refractivity contribution < 1.29 is 14.0 Å². The number of anilines is 1. The quantitative estimate of drug-likeness (QED) is 0.842. The first-order valence-electron chi connectivity index (χ1n) is 7.18. The van der Waals surface area contributed by atoms with Crippen LogP contribution >= 0.6 is 0 Å². The summed E-state index contributed by atoms with van der Waals surface area (Å²) in [6.07, 6.45) is 4.78. The first-order chi connectivity index (χ1) is 10.7. The van der Waals surface area contributed by atoms with Gasteiger partial charge >= 0.3 is 0 Å². The lowest BCUT2D eigenvalue weighted by Crippen LogP contribution is -2.47. The van der Waals surface area contributed by atoms with Crippen molar-refractivity contribution in [3.8, 4) is 0 Å². The van der Waals surface area contributed by atoms with E-state index in [1.54, 1.807) is 0 Å². The molecule has 0 saturated heterocycles. The molecule has 2 N–H and O–H groups in total. The van der Waals surface area contributed by atoms with Crippen molar-refractivity contribution in [2.24, 2.45) is 0 Å². The molecular weight excluding hydrogens is 282 g/mol. The van der Waals surface area contributed by atoms with Crippen molar-refractivity contribution in [3.63, 3.8) is 0 Å². The van der Waals surface area contributed by atoms with Crippen LogP contribution in [0.5, 0.6) is 0 Å². The predicted octanol–water partition coefficient (Wildman–Crippen LogP) is 1.49. The van der Waals surface area contributed by atoms with Crippen LogP contribution in [0, 0.1) is 0 Å². The maximum absolute atomic E-state index is 12.0. The molecule has 3 rings (SSSR count). The van der Waals surface area contributed by atoms with Gasteiger partial charge in [-0.05, 0) is 30.5 Å². The molecule has 0 unspecified atom stereocenters. The summed E-state index contributed by atoms with van der Waals surface area (Å²) in [4.78, 5) is 25.7. The number of nitrogens with zero attached hydrogens (tertiary/aromatic N) is 1. The highest BCUT2D eigenvalue weighted by atomic mass is 16.3. The maximum atomic E-state index is 12.0. The van der Waals surface area contributed by atoms with Gasteiger partial charge in [-0.25, -0.2) is 0 Å². The molecule has 1 aliphatic rings. The molecule has 1 aromatic carbocycles. The topological polar surface area (TPSA) is 74.6 Å². The molecule has 6 nitrogen and oxygen atoms in total. The molecule has 2 amide bonds. The largest absolute Gasteiger partial charge is 0.472 e. The minimum atomic E-state index is -0.402. The molecule has 114 valence electrons. The molecule has 2 heterocycles. The van der Waals surface area contributed by atoms with E-state index in [4.69, 9.17) is 4.42 Å². The lowest BCUT2D eigenvalue weighted by atomic mass is 10.0. The van der Waals surface area contributed by atoms with Crippen LogP contribution in [0.25, 0.3) is 0 Å². The zero-order valence-electron chi connectivity index (χ0n) is 12.0. The number of para-hydroxylation sites is 1. The predicted molar refractivity (Wildman–Crippen MR) is 81.3 cm³/mol. The van der Waals surface area contributed by atoms with Crippen molar-refractivity contribution in [1.29, 1.82) is 0 Å². The van der Waals surface area contributed by atoms with E-state index >= 15 is 0 Å². The second-order valence-electron chi connectivity index (χ2n) is 5.17. The lowest BCUT2D eigenvalue weighted by Gasteiger charge is -2.30. The third-order valence-electron chi connectivity index (χ3n) is 3.64. The van der Waals surface area contributed by atoms with Crippen molar-refractivity contribution in [2.75, 3.05) is 18.0 Å². The van der Waals surface area contributed by atoms with E-state index in [2.05, 4.69) is 16.9 Å². The normalized spacial score (nSPS) is 13.4. The third-order valence-corrected chi connectivity index (χ3v) is 3.64. The summed E-state index contributed by atoms with van der Waals surface area (Å²) in [5.74, 6) is -0.658.